The van der Waals surface area contributed by atoms with Gasteiger partial charge >= 0.3 is 56.3 Å². The molecule has 3 saturated heterocycles. The van der Waals surface area contributed by atoms with Gasteiger partial charge in [0.2, 0.25) is 0 Å². The van der Waals surface area contributed by atoms with Crippen molar-refractivity contribution in [2.45, 2.75) is 0 Å². The molecule has 4 heteroatoms. The maximum absolute atomic E-state index is 5.22. The minimum absolute atomic E-state index is 0.532. The zero-order valence-electron chi connectivity index (χ0n) is 4.37. The maximum atomic E-state index is 5.22. The van der Waals surface area contributed by atoms with Gasteiger partial charge in [-0.15, -0.1) is 0 Å². The zero-order chi connectivity index (χ0) is 5.40. The van der Waals surface area contributed by atoms with E-state index in [9.17, 15) is 0 Å². The molecule has 0 atom stereocenters. The minimum atomic E-state index is -1.92. The fraction of sp³-hybridized carbons (Fsp3) is 1.00. The Morgan fingerprint density at radius 2 is 1.50 bits per heavy atom. The molecule has 0 amide bonds. The molecule has 0 aliphatic carbocycles. The molecule has 0 saturated carbocycles. The van der Waals surface area contributed by atoms with Gasteiger partial charge < -0.3 is 0 Å². The van der Waals surface area contributed by atoms with Crippen LogP contribution in [0.3, 0.4) is 0 Å². The van der Waals surface area contributed by atoms with Crippen molar-refractivity contribution < 1.29 is 9.05 Å². The van der Waals surface area contributed by atoms with Gasteiger partial charge in [0.05, 0.1) is 0 Å². The molecule has 0 N–H and O–H groups in total. The third-order valence-electron chi connectivity index (χ3n) is 1.25. The zero-order valence-corrected chi connectivity index (χ0v) is 6.92. The average molecular weight is 225 g/mol. The Bertz CT molecular complexity index is 66.3. The summed E-state index contributed by atoms with van der Waals surface area (Å²) in [5.74, 6) is 0.532. The van der Waals surface area contributed by atoms with Crippen molar-refractivity contribution in [1.29, 1.82) is 0 Å². The van der Waals surface area contributed by atoms with Gasteiger partial charge in [-0.2, -0.15) is 0 Å². The summed E-state index contributed by atoms with van der Waals surface area (Å²) in [6.07, 6.45) is 0. The van der Waals surface area contributed by atoms with Crippen molar-refractivity contribution in [1.82, 2.24) is 0 Å². The molecular formula is C4H7O3Sb. The van der Waals surface area contributed by atoms with Crippen LogP contribution < -0.4 is 0 Å². The molecule has 2 bridgehead atoms. The van der Waals surface area contributed by atoms with E-state index in [1.807, 2.05) is 0 Å². The average Bonchev–Trinajstić information content (AvgIpc) is 1.92. The van der Waals surface area contributed by atoms with Crippen LogP contribution >= 0.6 is 0 Å². The van der Waals surface area contributed by atoms with Crippen molar-refractivity contribution in [3.05, 3.63) is 0 Å². The quantitative estimate of drug-likeness (QED) is 0.528. The molecule has 0 aromatic rings. The van der Waals surface area contributed by atoms with Gasteiger partial charge in [0.1, 0.15) is 0 Å². The Labute approximate surface area is 56.6 Å². The van der Waals surface area contributed by atoms with Crippen molar-refractivity contribution in [3.8, 4) is 0 Å². The van der Waals surface area contributed by atoms with Crippen LogP contribution in [0.15, 0.2) is 0 Å². The Morgan fingerprint density at radius 3 is 1.62 bits per heavy atom. The molecule has 0 radical (unpaired) electrons. The molecule has 3 rings (SSSR count). The summed E-state index contributed by atoms with van der Waals surface area (Å²) in [7, 11) is 0. The third kappa shape index (κ3) is 0.883. The first-order valence-corrected chi connectivity index (χ1v) is 5.77. The molecule has 3 heterocycles. The predicted octanol–water partition coefficient (Wildman–Crippen LogP) is -0.336. The number of rotatable bonds is 0. The molecule has 0 aromatic carbocycles. The normalized spacial score (nSPS) is 31.5. The first-order valence-electron chi connectivity index (χ1n) is 2.64. The van der Waals surface area contributed by atoms with Crippen molar-refractivity contribution in [3.63, 3.8) is 0 Å². The van der Waals surface area contributed by atoms with E-state index in [0.717, 1.165) is 19.8 Å². The summed E-state index contributed by atoms with van der Waals surface area (Å²) in [4.78, 5) is 0. The first kappa shape index (κ1) is 5.48. The molecule has 46 valence electrons. The number of hydrogen-bond acceptors (Lipinski definition) is 3. The van der Waals surface area contributed by atoms with Crippen LogP contribution in [-0.4, -0.2) is 41.3 Å². The fourth-order valence-electron chi connectivity index (χ4n) is 0.755. The van der Waals surface area contributed by atoms with E-state index in [4.69, 9.17) is 9.05 Å². The summed E-state index contributed by atoms with van der Waals surface area (Å²) >= 11 is -1.92. The Balaban J connectivity index is 2.03. The van der Waals surface area contributed by atoms with Crippen LogP contribution in [0.5, 0.6) is 0 Å². The van der Waals surface area contributed by atoms with E-state index < -0.39 is 21.5 Å². The van der Waals surface area contributed by atoms with E-state index in [-0.39, 0.29) is 0 Å². The second kappa shape index (κ2) is 2.14. The Kier molecular flexibility index (Phi) is 1.47. The summed E-state index contributed by atoms with van der Waals surface area (Å²) in [5, 5.41) is 0. The Hall–Kier alpha value is 0.698. The second-order valence-electron chi connectivity index (χ2n) is 1.98. The van der Waals surface area contributed by atoms with E-state index in [0.29, 0.717) is 5.92 Å². The molecule has 3 nitrogen and oxygen atoms in total. The van der Waals surface area contributed by atoms with Gasteiger partial charge in [-0.05, 0) is 0 Å². The van der Waals surface area contributed by atoms with Crippen LogP contribution in [0, 0.1) is 5.92 Å². The first-order chi connectivity index (χ1) is 3.95. The SMILES string of the molecule is C1[O][Sb]2[O]CC1C[O]2. The molecule has 0 unspecified atom stereocenters. The van der Waals surface area contributed by atoms with E-state index in [1.165, 1.54) is 0 Å². The molecule has 3 fully saturated rings. The Morgan fingerprint density at radius 1 is 1.00 bits per heavy atom. The van der Waals surface area contributed by atoms with Gasteiger partial charge in [0.15, 0.2) is 0 Å². The predicted molar refractivity (Wildman–Crippen MR) is 27.1 cm³/mol. The molecule has 3 aliphatic rings. The van der Waals surface area contributed by atoms with Crippen LogP contribution in [0.2, 0.25) is 0 Å². The third-order valence-corrected chi connectivity index (χ3v) is 4.33. The van der Waals surface area contributed by atoms with E-state index >= 15 is 0 Å². The van der Waals surface area contributed by atoms with Gasteiger partial charge in [-0.3, -0.25) is 0 Å². The fourth-order valence-corrected chi connectivity index (χ4v) is 4.24. The molecule has 3 aliphatic heterocycles. The van der Waals surface area contributed by atoms with Crippen LogP contribution in [0.1, 0.15) is 0 Å². The summed E-state index contributed by atoms with van der Waals surface area (Å²) < 4.78 is 15.6. The van der Waals surface area contributed by atoms with Crippen molar-refractivity contribution in [2.75, 3.05) is 19.8 Å². The number of hydrogen-bond donors (Lipinski definition) is 0. The number of fused-ring (bicyclic) bond motifs is 3. The van der Waals surface area contributed by atoms with Gasteiger partial charge in [-0.25, -0.2) is 0 Å². The van der Waals surface area contributed by atoms with Crippen LogP contribution in [0.4, 0.5) is 0 Å². The molecule has 0 aromatic heterocycles. The van der Waals surface area contributed by atoms with Gasteiger partial charge in [0, 0.05) is 0 Å². The van der Waals surface area contributed by atoms with Crippen LogP contribution in [-0.2, 0) is 9.05 Å². The summed E-state index contributed by atoms with van der Waals surface area (Å²) in [5.41, 5.74) is 0. The van der Waals surface area contributed by atoms with Gasteiger partial charge in [0.25, 0.3) is 0 Å². The topological polar surface area (TPSA) is 27.7 Å². The van der Waals surface area contributed by atoms with Crippen LogP contribution in [0.25, 0.3) is 0 Å². The van der Waals surface area contributed by atoms with E-state index in [1.54, 1.807) is 0 Å². The van der Waals surface area contributed by atoms with Crippen molar-refractivity contribution >= 4 is 21.5 Å². The summed E-state index contributed by atoms with van der Waals surface area (Å²) in [6.45, 7) is 2.68. The monoisotopic (exact) mass is 224 g/mol. The van der Waals surface area contributed by atoms with Crippen molar-refractivity contribution in [2.24, 2.45) is 5.92 Å². The second-order valence-corrected chi connectivity index (χ2v) is 5.46. The van der Waals surface area contributed by atoms with Gasteiger partial charge in [-0.1, -0.05) is 0 Å². The molecule has 8 heavy (non-hydrogen) atoms. The summed E-state index contributed by atoms with van der Waals surface area (Å²) in [6, 6.07) is 0. The molecular weight excluding hydrogens is 218 g/mol. The molecule has 0 spiro atoms. The van der Waals surface area contributed by atoms with E-state index in [2.05, 4.69) is 0 Å². The standard InChI is InChI=1S/C4H7O3.Sb/c5-1-4(2-6)3-7;/h4H,1-3H2;/q-3;+3.